The van der Waals surface area contributed by atoms with Crippen molar-refractivity contribution in [2.24, 2.45) is 5.92 Å². The minimum atomic E-state index is -1.48. The first-order chi connectivity index (χ1) is 9.90. The first-order valence-electron chi connectivity index (χ1n) is 6.64. The van der Waals surface area contributed by atoms with Crippen LogP contribution in [-0.4, -0.2) is 41.7 Å². The molecule has 1 heterocycles. The molecule has 1 aliphatic rings. The van der Waals surface area contributed by atoms with Crippen molar-refractivity contribution in [1.82, 2.24) is 10.2 Å². The van der Waals surface area contributed by atoms with Crippen LogP contribution in [0.1, 0.15) is 12.5 Å². The SMILES string of the molecule is CC(=O)N[C@@H]1CN(Cc2cc(F)c(F)c(F)c2)C[C@H]1CO. The number of rotatable bonds is 4. The summed E-state index contributed by atoms with van der Waals surface area (Å²) in [5.41, 5.74) is 0.312. The summed E-state index contributed by atoms with van der Waals surface area (Å²) in [6.45, 7) is 2.48. The molecule has 2 rings (SSSR count). The third-order valence-electron chi connectivity index (χ3n) is 3.59. The van der Waals surface area contributed by atoms with E-state index in [1.54, 1.807) is 0 Å². The molecule has 0 bridgehead atoms. The van der Waals surface area contributed by atoms with Crippen LogP contribution in [0.15, 0.2) is 12.1 Å². The standard InChI is InChI=1S/C14H17F3N2O2/c1-8(21)18-13-6-19(5-10(13)7-20)4-9-2-11(15)14(17)12(16)3-9/h2-3,10,13,20H,4-7H2,1H3,(H,18,21)/t10-,13+/m0/s1. The molecule has 0 aliphatic carbocycles. The third kappa shape index (κ3) is 3.74. The predicted octanol–water partition coefficient (Wildman–Crippen LogP) is 1.03. The van der Waals surface area contributed by atoms with Gasteiger partial charge in [0.15, 0.2) is 17.5 Å². The van der Waals surface area contributed by atoms with Gasteiger partial charge >= 0.3 is 0 Å². The van der Waals surface area contributed by atoms with Crippen LogP contribution in [0.5, 0.6) is 0 Å². The maximum Gasteiger partial charge on any atom is 0.217 e. The summed E-state index contributed by atoms with van der Waals surface area (Å²) in [4.78, 5) is 13.0. The Morgan fingerprint density at radius 1 is 1.33 bits per heavy atom. The fourth-order valence-electron chi connectivity index (χ4n) is 2.66. The zero-order chi connectivity index (χ0) is 15.6. The Labute approximate surface area is 120 Å². The number of hydrogen-bond donors (Lipinski definition) is 2. The number of halogens is 3. The molecule has 1 aliphatic heterocycles. The molecule has 116 valence electrons. The van der Waals surface area contributed by atoms with Crippen molar-refractivity contribution in [3.05, 3.63) is 35.1 Å². The maximum atomic E-state index is 13.2. The van der Waals surface area contributed by atoms with Crippen LogP contribution in [0.3, 0.4) is 0 Å². The van der Waals surface area contributed by atoms with Crippen molar-refractivity contribution >= 4 is 5.91 Å². The lowest BCUT2D eigenvalue weighted by Crippen LogP contribution is -2.40. The Morgan fingerprint density at radius 2 is 1.95 bits per heavy atom. The molecule has 0 spiro atoms. The summed E-state index contributed by atoms with van der Waals surface area (Å²) in [5.74, 6) is -4.25. The predicted molar refractivity (Wildman–Crippen MR) is 69.8 cm³/mol. The topological polar surface area (TPSA) is 52.6 Å². The Kier molecular flexibility index (Phi) is 4.84. The monoisotopic (exact) mass is 302 g/mol. The molecular weight excluding hydrogens is 285 g/mol. The van der Waals surface area contributed by atoms with Gasteiger partial charge < -0.3 is 10.4 Å². The lowest BCUT2D eigenvalue weighted by Gasteiger charge is -2.17. The van der Waals surface area contributed by atoms with E-state index in [0.717, 1.165) is 12.1 Å². The lowest BCUT2D eigenvalue weighted by atomic mass is 10.1. The van der Waals surface area contributed by atoms with Crippen LogP contribution in [0.25, 0.3) is 0 Å². The number of benzene rings is 1. The van der Waals surface area contributed by atoms with Crippen molar-refractivity contribution in [2.75, 3.05) is 19.7 Å². The van der Waals surface area contributed by atoms with Gasteiger partial charge in [0.25, 0.3) is 0 Å². The molecule has 1 aromatic carbocycles. The Bertz CT molecular complexity index is 516. The van der Waals surface area contributed by atoms with Gasteiger partial charge in [-0.05, 0) is 17.7 Å². The van der Waals surface area contributed by atoms with E-state index in [0.29, 0.717) is 18.7 Å². The van der Waals surface area contributed by atoms with Crippen molar-refractivity contribution < 1.29 is 23.1 Å². The molecule has 21 heavy (non-hydrogen) atoms. The van der Waals surface area contributed by atoms with Gasteiger partial charge in [-0.2, -0.15) is 0 Å². The van der Waals surface area contributed by atoms with Gasteiger partial charge in [0.05, 0.1) is 0 Å². The molecule has 2 N–H and O–H groups in total. The van der Waals surface area contributed by atoms with Gasteiger partial charge in [0.2, 0.25) is 5.91 Å². The molecule has 0 unspecified atom stereocenters. The zero-order valence-corrected chi connectivity index (χ0v) is 11.6. The summed E-state index contributed by atoms with van der Waals surface area (Å²) in [7, 11) is 0. The van der Waals surface area contributed by atoms with Crippen molar-refractivity contribution in [2.45, 2.75) is 19.5 Å². The number of carbonyl (C=O) groups is 1. The number of hydrogen-bond acceptors (Lipinski definition) is 3. The summed E-state index contributed by atoms with van der Waals surface area (Å²) in [6.07, 6.45) is 0. The lowest BCUT2D eigenvalue weighted by molar-refractivity contribution is -0.119. The van der Waals surface area contributed by atoms with Crippen molar-refractivity contribution in [3.63, 3.8) is 0 Å². The van der Waals surface area contributed by atoms with E-state index in [9.17, 15) is 23.1 Å². The first kappa shape index (κ1) is 15.8. The molecule has 4 nitrogen and oxygen atoms in total. The van der Waals surface area contributed by atoms with Crippen LogP contribution in [0, 0.1) is 23.4 Å². The number of likely N-dealkylation sites (tertiary alicyclic amines) is 1. The molecule has 0 aromatic heterocycles. The van der Waals surface area contributed by atoms with Crippen molar-refractivity contribution in [3.8, 4) is 0 Å². The Hall–Kier alpha value is -1.60. The number of carbonyl (C=O) groups excluding carboxylic acids is 1. The van der Waals surface area contributed by atoms with Gasteiger partial charge in [0.1, 0.15) is 0 Å². The Morgan fingerprint density at radius 3 is 2.48 bits per heavy atom. The summed E-state index contributed by atoms with van der Waals surface area (Å²) in [6, 6.07) is 1.71. The maximum absolute atomic E-state index is 13.2. The van der Waals surface area contributed by atoms with E-state index in [-0.39, 0.29) is 31.0 Å². The third-order valence-corrected chi connectivity index (χ3v) is 3.59. The second kappa shape index (κ2) is 6.44. The first-order valence-corrected chi connectivity index (χ1v) is 6.64. The average molecular weight is 302 g/mol. The van der Waals surface area contributed by atoms with E-state index < -0.39 is 17.5 Å². The summed E-state index contributed by atoms with van der Waals surface area (Å²) < 4.78 is 39.3. The van der Waals surface area contributed by atoms with E-state index in [2.05, 4.69) is 5.32 Å². The Balaban J connectivity index is 2.05. The highest BCUT2D eigenvalue weighted by Crippen LogP contribution is 2.21. The number of amides is 1. The smallest absolute Gasteiger partial charge is 0.217 e. The van der Waals surface area contributed by atoms with Gasteiger partial charge in [-0.25, -0.2) is 13.2 Å². The largest absolute Gasteiger partial charge is 0.396 e. The average Bonchev–Trinajstić information content (AvgIpc) is 2.76. The van der Waals surface area contributed by atoms with Crippen LogP contribution in [0.2, 0.25) is 0 Å². The van der Waals surface area contributed by atoms with Crippen LogP contribution >= 0.6 is 0 Å². The minimum absolute atomic E-state index is 0.0897. The molecule has 0 radical (unpaired) electrons. The van der Waals surface area contributed by atoms with Gasteiger partial charge in [-0.15, -0.1) is 0 Å². The van der Waals surface area contributed by atoms with Crippen LogP contribution in [-0.2, 0) is 11.3 Å². The van der Waals surface area contributed by atoms with E-state index >= 15 is 0 Å². The minimum Gasteiger partial charge on any atom is -0.396 e. The number of nitrogens with zero attached hydrogens (tertiary/aromatic N) is 1. The second-order valence-corrected chi connectivity index (χ2v) is 5.32. The highest BCUT2D eigenvalue weighted by molar-refractivity contribution is 5.73. The second-order valence-electron chi connectivity index (χ2n) is 5.32. The number of aliphatic hydroxyl groups is 1. The molecule has 2 atom stereocenters. The molecule has 7 heteroatoms. The fraction of sp³-hybridized carbons (Fsp3) is 0.500. The molecule has 1 fully saturated rings. The van der Waals surface area contributed by atoms with Crippen LogP contribution < -0.4 is 5.32 Å². The van der Waals surface area contributed by atoms with Gasteiger partial charge in [0, 0.05) is 45.1 Å². The summed E-state index contributed by atoms with van der Waals surface area (Å²) >= 11 is 0. The molecule has 1 aromatic rings. The quantitative estimate of drug-likeness (QED) is 0.817. The molecule has 1 saturated heterocycles. The zero-order valence-electron chi connectivity index (χ0n) is 11.6. The number of nitrogens with one attached hydrogen (secondary N) is 1. The molecule has 1 amide bonds. The van der Waals surface area contributed by atoms with E-state index in [1.807, 2.05) is 4.90 Å². The van der Waals surface area contributed by atoms with Gasteiger partial charge in [-0.3, -0.25) is 9.69 Å². The van der Waals surface area contributed by atoms with E-state index in [4.69, 9.17) is 0 Å². The highest BCUT2D eigenvalue weighted by atomic mass is 19.2. The van der Waals surface area contributed by atoms with E-state index in [1.165, 1.54) is 6.92 Å². The molecule has 0 saturated carbocycles. The molecular formula is C14H17F3N2O2. The van der Waals surface area contributed by atoms with Crippen molar-refractivity contribution in [1.29, 1.82) is 0 Å². The van der Waals surface area contributed by atoms with Gasteiger partial charge in [-0.1, -0.05) is 0 Å². The normalized spacial score (nSPS) is 22.5. The summed E-state index contributed by atoms with van der Waals surface area (Å²) in [5, 5.41) is 12.1. The number of aliphatic hydroxyl groups excluding tert-OH is 1. The highest BCUT2D eigenvalue weighted by Gasteiger charge is 2.32. The fourth-order valence-corrected chi connectivity index (χ4v) is 2.66. The van der Waals surface area contributed by atoms with Crippen LogP contribution in [0.4, 0.5) is 13.2 Å².